The third-order valence-corrected chi connectivity index (χ3v) is 2.86. The number of halogens is 4. The van der Waals surface area contributed by atoms with E-state index in [1.54, 1.807) is 0 Å². The maximum absolute atomic E-state index is 12.6. The summed E-state index contributed by atoms with van der Waals surface area (Å²) in [6.45, 7) is 0. The van der Waals surface area contributed by atoms with Gasteiger partial charge >= 0.3 is 6.18 Å². The zero-order valence-corrected chi connectivity index (χ0v) is 11.4. The Balaban J connectivity index is 2.17. The van der Waals surface area contributed by atoms with E-state index in [0.717, 1.165) is 24.5 Å². The van der Waals surface area contributed by atoms with Crippen LogP contribution in [0.3, 0.4) is 0 Å². The first-order chi connectivity index (χ1) is 10.3. The van der Waals surface area contributed by atoms with E-state index in [1.165, 1.54) is 11.5 Å². The monoisotopic (exact) mass is 332 g/mol. The van der Waals surface area contributed by atoms with Crippen LogP contribution in [-0.2, 0) is 6.18 Å². The van der Waals surface area contributed by atoms with Crippen LogP contribution in [0, 0.1) is 0 Å². The van der Waals surface area contributed by atoms with Crippen molar-refractivity contribution in [3.05, 3.63) is 46.7 Å². The summed E-state index contributed by atoms with van der Waals surface area (Å²) in [5.74, 6) is -0.741. The van der Waals surface area contributed by atoms with Crippen molar-refractivity contribution in [3.8, 4) is 0 Å². The number of hydroxylamine groups is 1. The quantitative estimate of drug-likeness (QED) is 0.594. The fourth-order valence-electron chi connectivity index (χ4n) is 1.53. The van der Waals surface area contributed by atoms with E-state index in [1.807, 2.05) is 0 Å². The Hall–Kier alpha value is -2.39. The zero-order valence-electron chi connectivity index (χ0n) is 10.6. The second-order valence-electron chi connectivity index (χ2n) is 4.05. The number of carbonyl (C=O) groups is 1. The molecule has 0 bridgehead atoms. The fraction of sp³-hybridized carbons (Fsp3) is 0.0833. The molecular formula is C12H8ClF3N4O2. The Morgan fingerprint density at radius 3 is 2.36 bits per heavy atom. The topological polar surface area (TPSA) is 87.1 Å². The summed E-state index contributed by atoms with van der Waals surface area (Å²) in [6.07, 6.45) is -2.27. The van der Waals surface area contributed by atoms with Crippen LogP contribution >= 0.6 is 11.6 Å². The van der Waals surface area contributed by atoms with Gasteiger partial charge in [-0.2, -0.15) is 13.2 Å². The number of carbonyl (C=O) groups excluding carboxylic acids is 1. The second kappa shape index (κ2) is 6.16. The highest BCUT2D eigenvalue weighted by atomic mass is 35.5. The Bertz CT molecular complexity index is 692. The van der Waals surface area contributed by atoms with Crippen LogP contribution in [0.5, 0.6) is 0 Å². The van der Waals surface area contributed by atoms with E-state index in [9.17, 15) is 18.0 Å². The zero-order chi connectivity index (χ0) is 16.3. The molecule has 116 valence electrons. The van der Waals surface area contributed by atoms with Gasteiger partial charge in [0, 0.05) is 18.1 Å². The maximum atomic E-state index is 12.6. The Labute approximate surface area is 126 Å². The minimum Gasteiger partial charge on any atom is -0.324 e. The van der Waals surface area contributed by atoms with Crippen molar-refractivity contribution in [1.29, 1.82) is 0 Å². The van der Waals surface area contributed by atoms with Gasteiger partial charge in [-0.15, -0.1) is 0 Å². The molecule has 6 nitrogen and oxygen atoms in total. The third kappa shape index (κ3) is 3.62. The minimum atomic E-state index is -4.54. The molecule has 2 aromatic rings. The molecule has 0 unspecified atom stereocenters. The highest BCUT2D eigenvalue weighted by Crippen LogP contribution is 2.36. The number of anilines is 2. The first-order valence-electron chi connectivity index (χ1n) is 5.71. The lowest BCUT2D eigenvalue weighted by Crippen LogP contribution is -2.19. The smallest absolute Gasteiger partial charge is 0.324 e. The minimum absolute atomic E-state index is 0.0125. The summed E-state index contributed by atoms with van der Waals surface area (Å²) in [4.78, 5) is 18.6. The third-order valence-electron chi connectivity index (χ3n) is 2.55. The van der Waals surface area contributed by atoms with Crippen LogP contribution in [-0.4, -0.2) is 21.1 Å². The van der Waals surface area contributed by atoms with Crippen molar-refractivity contribution in [2.24, 2.45) is 0 Å². The molecule has 22 heavy (non-hydrogen) atoms. The SMILES string of the molecule is O=C(NO)c1cnc(Nc2ccc(C(F)(F)F)c(Cl)c2)nc1. The van der Waals surface area contributed by atoms with E-state index in [0.29, 0.717) is 0 Å². The molecule has 10 heteroatoms. The molecule has 3 N–H and O–H groups in total. The van der Waals surface area contributed by atoms with Gasteiger partial charge in [0.2, 0.25) is 5.95 Å². The van der Waals surface area contributed by atoms with Crippen LogP contribution in [0.2, 0.25) is 5.02 Å². The predicted molar refractivity (Wildman–Crippen MR) is 71.0 cm³/mol. The van der Waals surface area contributed by atoms with Gasteiger partial charge < -0.3 is 5.32 Å². The molecule has 0 spiro atoms. The van der Waals surface area contributed by atoms with Gasteiger partial charge in [0.05, 0.1) is 16.1 Å². The van der Waals surface area contributed by atoms with Gasteiger partial charge in [-0.05, 0) is 18.2 Å². The number of nitrogens with zero attached hydrogens (tertiary/aromatic N) is 2. The molecule has 1 aromatic heterocycles. The highest BCUT2D eigenvalue weighted by Gasteiger charge is 2.33. The second-order valence-corrected chi connectivity index (χ2v) is 4.46. The van der Waals surface area contributed by atoms with E-state index in [-0.39, 0.29) is 17.2 Å². The predicted octanol–water partition coefficient (Wildman–Crippen LogP) is 3.01. The average molecular weight is 333 g/mol. The molecule has 1 aromatic carbocycles. The molecule has 0 saturated heterocycles. The van der Waals surface area contributed by atoms with E-state index >= 15 is 0 Å². The van der Waals surface area contributed by atoms with Crippen LogP contribution in [0.4, 0.5) is 24.8 Å². The molecule has 0 fully saturated rings. The first-order valence-corrected chi connectivity index (χ1v) is 6.09. The van der Waals surface area contributed by atoms with E-state index in [4.69, 9.17) is 16.8 Å². The summed E-state index contributed by atoms with van der Waals surface area (Å²) in [5.41, 5.74) is 0.726. The van der Waals surface area contributed by atoms with Crippen molar-refractivity contribution in [1.82, 2.24) is 15.4 Å². The summed E-state index contributed by atoms with van der Waals surface area (Å²) in [5, 5.41) is 10.6. The lowest BCUT2D eigenvalue weighted by Gasteiger charge is -2.11. The Morgan fingerprint density at radius 1 is 1.23 bits per heavy atom. The number of aromatic nitrogens is 2. The standard InChI is InChI=1S/C12H8ClF3N4O2/c13-9-3-7(1-2-8(9)12(14,15)16)19-11-17-4-6(5-18-11)10(21)20-22/h1-5,22H,(H,20,21)(H,17,18,19). The summed E-state index contributed by atoms with van der Waals surface area (Å²) in [6, 6.07) is 3.09. The number of benzene rings is 1. The number of rotatable bonds is 3. The van der Waals surface area contributed by atoms with Gasteiger partial charge in [0.25, 0.3) is 5.91 Å². The Kier molecular flexibility index (Phi) is 4.48. The number of hydrogen-bond donors (Lipinski definition) is 3. The number of alkyl halides is 3. The molecule has 0 atom stereocenters. The molecule has 0 saturated carbocycles. The van der Waals surface area contributed by atoms with Crippen molar-refractivity contribution in [3.63, 3.8) is 0 Å². The summed E-state index contributed by atoms with van der Waals surface area (Å²) in [7, 11) is 0. The van der Waals surface area contributed by atoms with Crippen LogP contribution in [0.15, 0.2) is 30.6 Å². The van der Waals surface area contributed by atoms with Crippen molar-refractivity contribution in [2.75, 3.05) is 5.32 Å². The van der Waals surface area contributed by atoms with Crippen molar-refractivity contribution in [2.45, 2.75) is 6.18 Å². The number of nitrogens with one attached hydrogen (secondary N) is 2. The molecule has 0 aliphatic heterocycles. The van der Waals surface area contributed by atoms with Crippen LogP contribution < -0.4 is 10.8 Å². The first kappa shape index (κ1) is 16.0. The van der Waals surface area contributed by atoms with E-state index in [2.05, 4.69) is 15.3 Å². The number of amides is 1. The van der Waals surface area contributed by atoms with Crippen LogP contribution in [0.1, 0.15) is 15.9 Å². The number of hydrogen-bond acceptors (Lipinski definition) is 5. The van der Waals surface area contributed by atoms with Gasteiger partial charge in [-0.1, -0.05) is 11.6 Å². The van der Waals surface area contributed by atoms with E-state index < -0.39 is 22.7 Å². The van der Waals surface area contributed by atoms with Crippen molar-refractivity contribution >= 4 is 29.1 Å². The lowest BCUT2D eigenvalue weighted by molar-refractivity contribution is -0.137. The Morgan fingerprint density at radius 2 is 1.86 bits per heavy atom. The van der Waals surface area contributed by atoms with Crippen LogP contribution in [0.25, 0.3) is 0 Å². The molecule has 0 aliphatic rings. The summed E-state index contributed by atoms with van der Waals surface area (Å²) < 4.78 is 37.7. The molecule has 2 rings (SSSR count). The molecule has 1 heterocycles. The van der Waals surface area contributed by atoms with Gasteiger partial charge in [-0.25, -0.2) is 15.4 Å². The normalized spacial score (nSPS) is 11.1. The lowest BCUT2D eigenvalue weighted by atomic mass is 10.2. The van der Waals surface area contributed by atoms with Gasteiger partial charge in [0.15, 0.2) is 0 Å². The summed E-state index contributed by atoms with van der Waals surface area (Å²) >= 11 is 5.58. The fourth-order valence-corrected chi connectivity index (χ4v) is 1.81. The van der Waals surface area contributed by atoms with Gasteiger partial charge in [-0.3, -0.25) is 10.0 Å². The molecular weight excluding hydrogens is 325 g/mol. The molecule has 0 aliphatic carbocycles. The van der Waals surface area contributed by atoms with Crippen molar-refractivity contribution < 1.29 is 23.2 Å². The molecule has 0 radical (unpaired) electrons. The molecule has 1 amide bonds. The van der Waals surface area contributed by atoms with Gasteiger partial charge in [0.1, 0.15) is 0 Å². The maximum Gasteiger partial charge on any atom is 0.417 e. The average Bonchev–Trinajstić information content (AvgIpc) is 2.46. The highest BCUT2D eigenvalue weighted by molar-refractivity contribution is 6.31. The largest absolute Gasteiger partial charge is 0.417 e.